The van der Waals surface area contributed by atoms with E-state index in [1.807, 2.05) is 28.8 Å². The van der Waals surface area contributed by atoms with E-state index in [1.165, 1.54) is 0 Å². The van der Waals surface area contributed by atoms with E-state index in [9.17, 15) is 5.11 Å². The number of aliphatic hydroxyl groups is 1. The third kappa shape index (κ3) is 0.981. The quantitative estimate of drug-likeness (QED) is 0.675. The molecule has 72 valence electrons. The molecule has 3 rings (SSSR count). The van der Waals surface area contributed by atoms with Crippen LogP contribution in [-0.2, 0) is 11.3 Å². The predicted molar refractivity (Wildman–Crippen MR) is 50.6 cm³/mol. The van der Waals surface area contributed by atoms with Gasteiger partial charge in [-0.25, -0.2) is 4.98 Å². The van der Waals surface area contributed by atoms with Crippen molar-refractivity contribution in [2.75, 3.05) is 6.61 Å². The average Bonchev–Trinajstić information content (AvgIpc) is 2.59. The van der Waals surface area contributed by atoms with Crippen molar-refractivity contribution in [2.24, 2.45) is 0 Å². The van der Waals surface area contributed by atoms with E-state index < -0.39 is 6.29 Å². The van der Waals surface area contributed by atoms with Crippen LogP contribution in [-0.4, -0.2) is 21.3 Å². The first kappa shape index (κ1) is 7.96. The first-order valence-corrected chi connectivity index (χ1v) is 4.61. The van der Waals surface area contributed by atoms with E-state index in [2.05, 4.69) is 4.98 Å². The van der Waals surface area contributed by atoms with Crippen molar-refractivity contribution in [1.29, 1.82) is 0 Å². The zero-order valence-corrected chi connectivity index (χ0v) is 7.55. The minimum Gasteiger partial charge on any atom is -0.362 e. The molecule has 1 aliphatic heterocycles. The van der Waals surface area contributed by atoms with Crippen molar-refractivity contribution in [3.8, 4) is 0 Å². The fraction of sp³-hybridized carbons (Fsp3) is 0.300. The van der Waals surface area contributed by atoms with Crippen LogP contribution < -0.4 is 0 Å². The van der Waals surface area contributed by atoms with Crippen LogP contribution in [0.5, 0.6) is 0 Å². The van der Waals surface area contributed by atoms with Gasteiger partial charge in [0.05, 0.1) is 17.6 Å². The Labute approximate surface area is 80.7 Å². The van der Waals surface area contributed by atoms with E-state index in [-0.39, 0.29) is 0 Å². The highest BCUT2D eigenvalue weighted by Gasteiger charge is 2.22. The van der Waals surface area contributed by atoms with Gasteiger partial charge in [-0.1, -0.05) is 12.1 Å². The maximum absolute atomic E-state index is 9.56. The summed E-state index contributed by atoms with van der Waals surface area (Å²) in [5.74, 6) is 0.609. The summed E-state index contributed by atoms with van der Waals surface area (Å²) in [5, 5.41) is 9.56. The summed E-state index contributed by atoms with van der Waals surface area (Å²) in [6.45, 7) is 1.29. The molecule has 2 aromatic rings. The fourth-order valence-electron chi connectivity index (χ4n) is 1.85. The average molecular weight is 190 g/mol. The number of imidazole rings is 1. The third-order valence-electron chi connectivity index (χ3n) is 2.50. The fourth-order valence-corrected chi connectivity index (χ4v) is 1.85. The number of nitrogens with zero attached hydrogens (tertiary/aromatic N) is 2. The smallest absolute Gasteiger partial charge is 0.215 e. The van der Waals surface area contributed by atoms with Crippen LogP contribution in [0.3, 0.4) is 0 Å². The summed E-state index contributed by atoms with van der Waals surface area (Å²) < 4.78 is 7.11. The van der Waals surface area contributed by atoms with Crippen LogP contribution in [0.2, 0.25) is 0 Å². The number of benzene rings is 1. The number of fused-ring (bicyclic) bond motifs is 3. The SMILES string of the molecule is OC1OCCn2c1nc1ccccc12. The zero-order valence-electron chi connectivity index (χ0n) is 7.55. The van der Waals surface area contributed by atoms with Gasteiger partial charge in [-0.15, -0.1) is 0 Å². The molecule has 14 heavy (non-hydrogen) atoms. The summed E-state index contributed by atoms with van der Waals surface area (Å²) in [5.41, 5.74) is 1.97. The molecule has 1 N–H and O–H groups in total. The summed E-state index contributed by atoms with van der Waals surface area (Å²) in [4.78, 5) is 4.32. The Morgan fingerprint density at radius 2 is 2.29 bits per heavy atom. The van der Waals surface area contributed by atoms with Crippen molar-refractivity contribution in [3.63, 3.8) is 0 Å². The molecule has 0 fully saturated rings. The molecule has 4 nitrogen and oxygen atoms in total. The molecule has 0 aliphatic carbocycles. The maximum atomic E-state index is 9.56. The normalized spacial score (nSPS) is 21.1. The van der Waals surface area contributed by atoms with Gasteiger partial charge in [0.15, 0.2) is 5.82 Å². The van der Waals surface area contributed by atoms with E-state index in [4.69, 9.17) is 4.74 Å². The molecule has 0 saturated carbocycles. The molecule has 1 aromatic carbocycles. The van der Waals surface area contributed by atoms with Gasteiger partial charge in [-0.05, 0) is 12.1 Å². The van der Waals surface area contributed by atoms with Gasteiger partial charge < -0.3 is 14.4 Å². The number of hydrogen-bond donors (Lipinski definition) is 1. The first-order chi connectivity index (χ1) is 6.86. The molecular formula is C10H10N2O2. The topological polar surface area (TPSA) is 47.3 Å². The highest BCUT2D eigenvalue weighted by molar-refractivity contribution is 5.76. The predicted octanol–water partition coefficient (Wildman–Crippen LogP) is 1.06. The van der Waals surface area contributed by atoms with Crippen LogP contribution >= 0.6 is 0 Å². The molecule has 1 aromatic heterocycles. The van der Waals surface area contributed by atoms with Crippen molar-refractivity contribution < 1.29 is 9.84 Å². The van der Waals surface area contributed by atoms with Crippen LogP contribution in [0.15, 0.2) is 24.3 Å². The Morgan fingerprint density at radius 1 is 1.43 bits per heavy atom. The summed E-state index contributed by atoms with van der Waals surface area (Å²) in [7, 11) is 0. The summed E-state index contributed by atoms with van der Waals surface area (Å²) in [6.07, 6.45) is -0.879. The molecule has 4 heteroatoms. The number of rotatable bonds is 0. The van der Waals surface area contributed by atoms with E-state index in [1.54, 1.807) is 0 Å². The van der Waals surface area contributed by atoms with E-state index in [0.717, 1.165) is 17.6 Å². The Balaban J connectivity index is 2.32. The van der Waals surface area contributed by atoms with Crippen LogP contribution in [0.4, 0.5) is 0 Å². The Hall–Kier alpha value is -1.39. The van der Waals surface area contributed by atoms with Crippen LogP contribution in [0.25, 0.3) is 11.0 Å². The highest BCUT2D eigenvalue weighted by Crippen LogP contribution is 2.24. The molecule has 0 amide bonds. The van der Waals surface area contributed by atoms with Gasteiger partial charge in [-0.3, -0.25) is 0 Å². The van der Waals surface area contributed by atoms with E-state index in [0.29, 0.717) is 12.4 Å². The van der Waals surface area contributed by atoms with Crippen molar-refractivity contribution in [3.05, 3.63) is 30.1 Å². The molecule has 0 bridgehead atoms. The molecule has 0 spiro atoms. The van der Waals surface area contributed by atoms with Gasteiger partial charge in [0.2, 0.25) is 6.29 Å². The standard InChI is InChI=1S/C10H10N2O2/c13-10-9-11-7-3-1-2-4-8(7)12(9)5-6-14-10/h1-4,10,13H,5-6H2. The molecular weight excluding hydrogens is 180 g/mol. The summed E-state index contributed by atoms with van der Waals surface area (Å²) in [6, 6.07) is 7.85. The van der Waals surface area contributed by atoms with E-state index >= 15 is 0 Å². The third-order valence-corrected chi connectivity index (χ3v) is 2.50. The molecule has 1 aliphatic rings. The van der Waals surface area contributed by atoms with Crippen LogP contribution in [0, 0.1) is 0 Å². The number of aromatic nitrogens is 2. The minimum absolute atomic E-state index is 0.536. The number of para-hydroxylation sites is 2. The van der Waals surface area contributed by atoms with Crippen molar-refractivity contribution in [1.82, 2.24) is 9.55 Å². The highest BCUT2D eigenvalue weighted by atomic mass is 16.6. The second-order valence-corrected chi connectivity index (χ2v) is 3.33. The van der Waals surface area contributed by atoms with Gasteiger partial charge in [0.1, 0.15) is 0 Å². The monoisotopic (exact) mass is 190 g/mol. The number of ether oxygens (including phenoxy) is 1. The summed E-state index contributed by atoms with van der Waals surface area (Å²) >= 11 is 0. The lowest BCUT2D eigenvalue weighted by atomic mass is 10.3. The zero-order chi connectivity index (χ0) is 9.54. The maximum Gasteiger partial charge on any atom is 0.215 e. The van der Waals surface area contributed by atoms with Gasteiger partial charge >= 0.3 is 0 Å². The molecule has 1 atom stereocenters. The second-order valence-electron chi connectivity index (χ2n) is 3.33. The molecule has 0 saturated heterocycles. The van der Waals surface area contributed by atoms with Gasteiger partial charge in [-0.2, -0.15) is 0 Å². The first-order valence-electron chi connectivity index (χ1n) is 4.61. The van der Waals surface area contributed by atoms with Crippen molar-refractivity contribution in [2.45, 2.75) is 12.8 Å². The molecule has 2 heterocycles. The molecule has 1 unspecified atom stereocenters. The van der Waals surface area contributed by atoms with Gasteiger partial charge in [0, 0.05) is 6.54 Å². The van der Waals surface area contributed by atoms with Crippen molar-refractivity contribution >= 4 is 11.0 Å². The lowest BCUT2D eigenvalue weighted by Gasteiger charge is -2.19. The molecule has 0 radical (unpaired) electrons. The minimum atomic E-state index is -0.879. The number of hydrogen-bond acceptors (Lipinski definition) is 3. The lowest BCUT2D eigenvalue weighted by Crippen LogP contribution is -2.21. The largest absolute Gasteiger partial charge is 0.362 e. The lowest BCUT2D eigenvalue weighted by molar-refractivity contribution is -0.126. The van der Waals surface area contributed by atoms with Gasteiger partial charge in [0.25, 0.3) is 0 Å². The Morgan fingerprint density at radius 3 is 3.21 bits per heavy atom. The Bertz CT molecular complexity index is 478. The second kappa shape index (κ2) is 2.80. The van der Waals surface area contributed by atoms with Crippen LogP contribution in [0.1, 0.15) is 12.1 Å². The Kier molecular flexibility index (Phi) is 1.59. The number of aliphatic hydroxyl groups excluding tert-OH is 1.